The van der Waals surface area contributed by atoms with Crippen molar-refractivity contribution in [3.05, 3.63) is 46.6 Å². The van der Waals surface area contributed by atoms with Crippen LogP contribution in [0.25, 0.3) is 22.3 Å². The van der Waals surface area contributed by atoms with Crippen LogP contribution in [0, 0.1) is 0 Å². The zero-order valence-electron chi connectivity index (χ0n) is 17.3. The van der Waals surface area contributed by atoms with E-state index in [9.17, 15) is 35.4 Å². The lowest BCUT2D eigenvalue weighted by molar-refractivity contribution is -0.277. The summed E-state index contributed by atoms with van der Waals surface area (Å²) in [6, 6.07) is 8.16. The van der Waals surface area contributed by atoms with Gasteiger partial charge in [-0.05, 0) is 24.3 Å². The van der Waals surface area contributed by atoms with E-state index < -0.39 is 48.5 Å². The minimum Gasteiger partial charge on any atom is -0.508 e. The molecular weight excluding hydrogens is 440 g/mol. The summed E-state index contributed by atoms with van der Waals surface area (Å²) in [5, 5.41) is 59.1. The largest absolute Gasteiger partial charge is 0.508 e. The standard InChI is InChI=1S/C22H22O11/c1-30-21-17(27)15-12(25)6-11(31-22-19(29)18(28)16(26)14(8-23)33-22)7-13(15)32-20(21)9-2-4-10(24)5-3-9/h2-7,14,16,18-19,22-26,28-29H,8H2,1H3/t14-,16-,18+,19-,22+/m1/s1. The third-order valence-electron chi connectivity index (χ3n) is 5.34. The molecule has 0 unspecified atom stereocenters. The molecule has 2 aromatic carbocycles. The lowest BCUT2D eigenvalue weighted by Gasteiger charge is -2.39. The van der Waals surface area contributed by atoms with Crippen molar-refractivity contribution < 1.29 is 49.3 Å². The molecule has 2 heterocycles. The summed E-state index contributed by atoms with van der Waals surface area (Å²) >= 11 is 0. The Hall–Kier alpha value is -3.35. The van der Waals surface area contributed by atoms with Crippen molar-refractivity contribution in [1.29, 1.82) is 0 Å². The quantitative estimate of drug-likeness (QED) is 0.302. The molecule has 1 fully saturated rings. The molecule has 4 rings (SSSR count). The number of fused-ring (bicyclic) bond motifs is 1. The number of benzene rings is 2. The van der Waals surface area contributed by atoms with Crippen LogP contribution in [0.3, 0.4) is 0 Å². The lowest BCUT2D eigenvalue weighted by Crippen LogP contribution is -2.60. The fourth-order valence-electron chi connectivity index (χ4n) is 3.61. The van der Waals surface area contributed by atoms with Crippen LogP contribution in [0.1, 0.15) is 0 Å². The minimum atomic E-state index is -1.67. The highest BCUT2D eigenvalue weighted by molar-refractivity contribution is 5.88. The number of hydrogen-bond acceptors (Lipinski definition) is 11. The number of phenolic OH excluding ortho intramolecular Hbond substituents is 2. The van der Waals surface area contributed by atoms with Crippen molar-refractivity contribution in [2.75, 3.05) is 13.7 Å². The van der Waals surface area contributed by atoms with Gasteiger partial charge in [-0.25, -0.2) is 0 Å². The number of methoxy groups -OCH3 is 1. The van der Waals surface area contributed by atoms with Gasteiger partial charge in [-0.1, -0.05) is 0 Å². The Balaban J connectivity index is 1.77. The number of aliphatic hydroxyl groups excluding tert-OH is 4. The summed E-state index contributed by atoms with van der Waals surface area (Å²) in [4.78, 5) is 13.0. The molecule has 33 heavy (non-hydrogen) atoms. The normalized spacial score (nSPS) is 25.2. The van der Waals surface area contributed by atoms with Crippen LogP contribution in [-0.4, -0.2) is 75.1 Å². The zero-order valence-corrected chi connectivity index (χ0v) is 17.3. The molecule has 1 aliphatic rings. The van der Waals surface area contributed by atoms with Gasteiger partial charge in [0.15, 0.2) is 5.76 Å². The highest BCUT2D eigenvalue weighted by Crippen LogP contribution is 2.37. The molecule has 0 spiro atoms. The van der Waals surface area contributed by atoms with Gasteiger partial charge >= 0.3 is 0 Å². The second-order valence-electron chi connectivity index (χ2n) is 7.47. The van der Waals surface area contributed by atoms with E-state index in [1.807, 2.05) is 0 Å². The second kappa shape index (κ2) is 8.89. The Bertz CT molecular complexity index is 1200. The molecular formula is C22H22O11. The van der Waals surface area contributed by atoms with Crippen LogP contribution in [-0.2, 0) is 4.74 Å². The molecule has 176 valence electrons. The number of phenols is 2. The Kier molecular flexibility index (Phi) is 6.15. The monoisotopic (exact) mass is 462 g/mol. The van der Waals surface area contributed by atoms with Crippen LogP contribution >= 0.6 is 0 Å². The van der Waals surface area contributed by atoms with Gasteiger partial charge in [0.25, 0.3) is 0 Å². The first-order valence-electron chi connectivity index (χ1n) is 9.89. The van der Waals surface area contributed by atoms with Crippen molar-refractivity contribution in [3.8, 4) is 34.3 Å². The smallest absolute Gasteiger partial charge is 0.239 e. The molecule has 0 bridgehead atoms. The summed E-state index contributed by atoms with van der Waals surface area (Å²) in [6.07, 6.45) is -7.58. The first-order chi connectivity index (χ1) is 15.7. The van der Waals surface area contributed by atoms with Crippen LogP contribution in [0.2, 0.25) is 0 Å². The van der Waals surface area contributed by atoms with Crippen LogP contribution in [0.15, 0.2) is 45.6 Å². The van der Waals surface area contributed by atoms with E-state index in [1.165, 1.54) is 37.4 Å². The molecule has 0 aliphatic carbocycles. The fourth-order valence-corrected chi connectivity index (χ4v) is 3.61. The topological polar surface area (TPSA) is 179 Å². The Morgan fingerprint density at radius 3 is 2.33 bits per heavy atom. The van der Waals surface area contributed by atoms with Crippen LogP contribution < -0.4 is 14.9 Å². The van der Waals surface area contributed by atoms with Gasteiger partial charge in [-0.15, -0.1) is 0 Å². The predicted molar refractivity (Wildman–Crippen MR) is 112 cm³/mol. The molecule has 0 radical (unpaired) electrons. The number of rotatable bonds is 5. The maximum Gasteiger partial charge on any atom is 0.239 e. The summed E-state index contributed by atoms with van der Waals surface area (Å²) in [5.41, 5.74) is -0.314. The third-order valence-corrected chi connectivity index (χ3v) is 5.34. The van der Waals surface area contributed by atoms with Crippen LogP contribution in [0.4, 0.5) is 0 Å². The lowest BCUT2D eigenvalue weighted by atomic mass is 9.99. The minimum absolute atomic E-state index is 0.00807. The molecule has 6 N–H and O–H groups in total. The van der Waals surface area contributed by atoms with Gasteiger partial charge in [0, 0.05) is 17.7 Å². The average Bonchev–Trinajstić information content (AvgIpc) is 2.79. The Morgan fingerprint density at radius 1 is 1.00 bits per heavy atom. The number of aromatic hydroxyl groups is 2. The van der Waals surface area contributed by atoms with E-state index in [0.29, 0.717) is 5.56 Å². The van der Waals surface area contributed by atoms with Crippen molar-refractivity contribution in [2.45, 2.75) is 30.7 Å². The van der Waals surface area contributed by atoms with Gasteiger partial charge in [0.2, 0.25) is 17.5 Å². The van der Waals surface area contributed by atoms with E-state index in [-0.39, 0.29) is 34.0 Å². The molecule has 1 aliphatic heterocycles. The molecule has 0 amide bonds. The van der Waals surface area contributed by atoms with Crippen molar-refractivity contribution in [1.82, 2.24) is 0 Å². The maximum atomic E-state index is 13.0. The van der Waals surface area contributed by atoms with E-state index >= 15 is 0 Å². The fraction of sp³-hybridized carbons (Fsp3) is 0.318. The molecule has 5 atom stereocenters. The Labute approximate surface area is 186 Å². The van der Waals surface area contributed by atoms with E-state index in [2.05, 4.69) is 0 Å². The van der Waals surface area contributed by atoms with Gasteiger partial charge in [0.05, 0.1) is 13.7 Å². The molecule has 1 aromatic heterocycles. The summed E-state index contributed by atoms with van der Waals surface area (Å²) in [7, 11) is 1.27. The summed E-state index contributed by atoms with van der Waals surface area (Å²) in [6.45, 7) is -0.640. The average molecular weight is 462 g/mol. The highest BCUT2D eigenvalue weighted by atomic mass is 16.7. The van der Waals surface area contributed by atoms with Crippen molar-refractivity contribution >= 4 is 11.0 Å². The number of aliphatic hydroxyl groups is 4. The Morgan fingerprint density at radius 2 is 1.70 bits per heavy atom. The van der Waals surface area contributed by atoms with Gasteiger partial charge in [-0.3, -0.25) is 4.79 Å². The predicted octanol–water partition coefficient (Wildman–Crippen LogP) is 0.0585. The van der Waals surface area contributed by atoms with E-state index in [4.69, 9.17) is 18.6 Å². The molecule has 11 nitrogen and oxygen atoms in total. The zero-order chi connectivity index (χ0) is 23.9. The summed E-state index contributed by atoms with van der Waals surface area (Å²) in [5.74, 6) is -0.704. The first-order valence-corrected chi connectivity index (χ1v) is 9.89. The van der Waals surface area contributed by atoms with Gasteiger partial charge < -0.3 is 49.3 Å². The second-order valence-corrected chi connectivity index (χ2v) is 7.47. The third kappa shape index (κ3) is 4.08. The molecule has 0 saturated carbocycles. The van der Waals surface area contributed by atoms with Crippen molar-refractivity contribution in [3.63, 3.8) is 0 Å². The van der Waals surface area contributed by atoms with Gasteiger partial charge in [-0.2, -0.15) is 0 Å². The summed E-state index contributed by atoms with van der Waals surface area (Å²) < 4.78 is 21.9. The van der Waals surface area contributed by atoms with Gasteiger partial charge in [0.1, 0.15) is 52.6 Å². The van der Waals surface area contributed by atoms with E-state index in [1.54, 1.807) is 0 Å². The molecule has 3 aromatic rings. The maximum absolute atomic E-state index is 13.0. The molecule has 11 heteroatoms. The highest BCUT2D eigenvalue weighted by Gasteiger charge is 2.44. The number of hydrogen-bond donors (Lipinski definition) is 6. The van der Waals surface area contributed by atoms with E-state index in [0.717, 1.165) is 6.07 Å². The SMILES string of the molecule is COc1c(-c2ccc(O)cc2)oc2cc(O[C@H]3O[C@H](CO)[C@@H](O)[C@H](O)[C@H]3O)cc(O)c2c1=O. The number of ether oxygens (including phenoxy) is 3. The van der Waals surface area contributed by atoms with Crippen LogP contribution in [0.5, 0.6) is 23.0 Å². The molecule has 1 saturated heterocycles. The van der Waals surface area contributed by atoms with Crippen molar-refractivity contribution in [2.24, 2.45) is 0 Å². The first kappa shape index (κ1) is 22.8.